The normalized spacial score (nSPS) is 21.5. The van der Waals surface area contributed by atoms with E-state index in [2.05, 4.69) is 20.1 Å². The lowest BCUT2D eigenvalue weighted by molar-refractivity contribution is -0.154. The van der Waals surface area contributed by atoms with Crippen LogP contribution in [0.15, 0.2) is 24.5 Å². The van der Waals surface area contributed by atoms with E-state index < -0.39 is 71.0 Å². The molecule has 0 saturated carbocycles. The number of aromatic nitrogens is 5. The highest BCUT2D eigenvalue weighted by Crippen LogP contribution is 2.44. The van der Waals surface area contributed by atoms with Gasteiger partial charge in [0.15, 0.2) is 18.7 Å². The van der Waals surface area contributed by atoms with Gasteiger partial charge in [-0.1, -0.05) is 0 Å². The number of ether oxygens (including phenoxy) is 3. The second-order valence-corrected chi connectivity index (χ2v) is 13.9. The quantitative estimate of drug-likeness (QED) is 0.194. The van der Waals surface area contributed by atoms with Crippen LogP contribution in [0.25, 0.3) is 33.1 Å². The van der Waals surface area contributed by atoms with E-state index in [0.29, 0.717) is 25.9 Å². The van der Waals surface area contributed by atoms with Crippen LogP contribution in [0.5, 0.6) is 6.01 Å². The molecule has 3 aliphatic heterocycles. The molecule has 51 heavy (non-hydrogen) atoms. The van der Waals surface area contributed by atoms with Crippen LogP contribution in [0.4, 0.5) is 41.3 Å². The number of hydrogen-bond donors (Lipinski definition) is 0. The zero-order valence-corrected chi connectivity index (χ0v) is 27.8. The molecule has 1 amide bonds. The van der Waals surface area contributed by atoms with Crippen molar-refractivity contribution >= 4 is 33.7 Å². The van der Waals surface area contributed by atoms with Crippen LogP contribution in [0.1, 0.15) is 64.7 Å². The number of hydrogen-bond acceptors (Lipinski definition) is 9. The van der Waals surface area contributed by atoms with Crippen LogP contribution in [-0.4, -0.2) is 85.9 Å². The first-order valence-electron chi connectivity index (χ1n) is 16.5. The molecule has 3 saturated heterocycles. The highest BCUT2D eigenvalue weighted by atomic mass is 19.4. The van der Waals surface area contributed by atoms with E-state index in [9.17, 15) is 31.1 Å². The molecule has 3 unspecified atom stereocenters. The SMILES string of the molecule is CC(C)(C)OC(=O)N1C2CCC1CN(c1nc(OCC(F)(F)F)nc3c(F)c(-c4c(C(F)(F)F)ccc5c4cnn5C4CCCCO4)ncc13)C2. The fourth-order valence-corrected chi connectivity index (χ4v) is 7.10. The van der Waals surface area contributed by atoms with Gasteiger partial charge in [-0.15, -0.1) is 0 Å². The first-order valence-corrected chi connectivity index (χ1v) is 16.5. The molecule has 0 N–H and O–H groups in total. The zero-order chi connectivity index (χ0) is 36.5. The number of halogens is 7. The summed E-state index contributed by atoms with van der Waals surface area (Å²) in [7, 11) is 0. The summed E-state index contributed by atoms with van der Waals surface area (Å²) in [4.78, 5) is 28.6. The minimum absolute atomic E-state index is 0.0348. The molecule has 1 aromatic carbocycles. The van der Waals surface area contributed by atoms with E-state index in [4.69, 9.17) is 14.2 Å². The van der Waals surface area contributed by atoms with E-state index in [-0.39, 0.29) is 47.3 Å². The summed E-state index contributed by atoms with van der Waals surface area (Å²) < 4.78 is 118. The number of nitrogens with zero attached hydrogens (tertiary/aromatic N) is 7. The van der Waals surface area contributed by atoms with Crippen LogP contribution in [0.3, 0.4) is 0 Å². The highest BCUT2D eigenvalue weighted by molar-refractivity contribution is 5.99. The van der Waals surface area contributed by atoms with Crippen LogP contribution in [-0.2, 0) is 15.7 Å². The lowest BCUT2D eigenvalue weighted by Crippen LogP contribution is -2.57. The van der Waals surface area contributed by atoms with Gasteiger partial charge in [0.1, 0.15) is 22.6 Å². The van der Waals surface area contributed by atoms with Crippen LogP contribution in [0.2, 0.25) is 0 Å². The Morgan fingerprint density at radius 1 is 0.961 bits per heavy atom. The third-order valence-corrected chi connectivity index (χ3v) is 9.15. The van der Waals surface area contributed by atoms with Crippen LogP contribution in [0, 0.1) is 5.82 Å². The van der Waals surface area contributed by atoms with Crippen molar-refractivity contribution in [3.8, 4) is 17.3 Å². The Labute approximate surface area is 286 Å². The van der Waals surface area contributed by atoms with E-state index in [1.807, 2.05) is 0 Å². The van der Waals surface area contributed by atoms with Crippen LogP contribution < -0.4 is 9.64 Å². The summed E-state index contributed by atoms with van der Waals surface area (Å²) >= 11 is 0. The monoisotopic (exact) mass is 725 g/mol. The van der Waals surface area contributed by atoms with E-state index in [0.717, 1.165) is 25.1 Å². The number of pyridine rings is 1. The predicted octanol–water partition coefficient (Wildman–Crippen LogP) is 7.43. The Morgan fingerprint density at radius 2 is 1.69 bits per heavy atom. The molecule has 0 spiro atoms. The molecule has 2 bridgehead atoms. The van der Waals surface area contributed by atoms with Crippen molar-refractivity contribution in [2.24, 2.45) is 0 Å². The number of carbonyl (C=O) groups is 1. The van der Waals surface area contributed by atoms with Gasteiger partial charge < -0.3 is 19.1 Å². The minimum atomic E-state index is -4.94. The van der Waals surface area contributed by atoms with Crippen molar-refractivity contribution in [2.75, 3.05) is 31.2 Å². The lowest BCUT2D eigenvalue weighted by Gasteiger charge is -2.42. The van der Waals surface area contributed by atoms with Crippen molar-refractivity contribution in [3.63, 3.8) is 0 Å². The molecule has 274 valence electrons. The number of amides is 1. The minimum Gasteiger partial charge on any atom is -0.454 e. The molecule has 6 heterocycles. The lowest BCUT2D eigenvalue weighted by atomic mass is 9.98. The van der Waals surface area contributed by atoms with Crippen molar-refractivity contribution < 1.29 is 49.7 Å². The first kappa shape index (κ1) is 34.9. The zero-order valence-electron chi connectivity index (χ0n) is 27.8. The average molecular weight is 726 g/mol. The topological polar surface area (TPSA) is 108 Å². The van der Waals surface area contributed by atoms with Gasteiger partial charge in [-0.2, -0.15) is 41.4 Å². The maximum atomic E-state index is 16.8. The van der Waals surface area contributed by atoms with Gasteiger partial charge in [-0.05, 0) is 65.0 Å². The molecule has 18 heteroatoms. The summed E-state index contributed by atoms with van der Waals surface area (Å²) in [6.07, 6.45) is -5.08. The molecular formula is C33H34F7N7O4. The van der Waals surface area contributed by atoms with E-state index >= 15 is 4.39 Å². The maximum Gasteiger partial charge on any atom is 0.422 e. The molecule has 3 atom stereocenters. The maximum absolute atomic E-state index is 16.8. The standard InChI is InChI=1S/C33H34F7N7O4/c1-31(2,3)51-30(48)46-17-7-8-18(46)15-45(14-17)28-20-12-41-27(25(34)26(20)43-29(44-28)50-16-32(35,36)37)24-19-13-42-47(23-6-4-5-11-49-23)22(19)10-9-21(24)33(38,39)40/h9-10,12-13,17-18,23H,4-8,11,14-16H2,1-3H3. The van der Waals surface area contributed by atoms with Crippen molar-refractivity contribution in [3.05, 3.63) is 35.9 Å². The molecule has 3 aliphatic rings. The van der Waals surface area contributed by atoms with Crippen molar-refractivity contribution in [1.29, 1.82) is 0 Å². The Kier molecular flexibility index (Phi) is 8.65. The summed E-state index contributed by atoms with van der Waals surface area (Å²) in [5, 5.41) is 4.18. The van der Waals surface area contributed by atoms with E-state index in [1.165, 1.54) is 16.9 Å². The van der Waals surface area contributed by atoms with Crippen molar-refractivity contribution in [2.45, 2.75) is 89.1 Å². The number of piperazine rings is 1. The van der Waals surface area contributed by atoms with E-state index in [1.54, 1.807) is 30.6 Å². The fraction of sp³-hybridized carbons (Fsp3) is 0.545. The summed E-state index contributed by atoms with van der Waals surface area (Å²) in [5.41, 5.74) is -3.61. The molecule has 3 fully saturated rings. The smallest absolute Gasteiger partial charge is 0.422 e. The average Bonchev–Trinajstić information content (AvgIpc) is 3.60. The van der Waals surface area contributed by atoms with Gasteiger partial charge in [-0.25, -0.2) is 13.9 Å². The van der Waals surface area contributed by atoms with Crippen molar-refractivity contribution in [1.82, 2.24) is 29.6 Å². The summed E-state index contributed by atoms with van der Waals surface area (Å²) in [6, 6.07) is 0.492. The second kappa shape index (κ2) is 12.6. The number of rotatable bonds is 5. The van der Waals surface area contributed by atoms with Gasteiger partial charge in [0.2, 0.25) is 0 Å². The first-order chi connectivity index (χ1) is 24.0. The number of anilines is 1. The van der Waals surface area contributed by atoms with Gasteiger partial charge in [-0.3, -0.25) is 9.88 Å². The molecule has 0 radical (unpaired) electrons. The molecule has 3 aromatic heterocycles. The summed E-state index contributed by atoms with van der Waals surface area (Å²) in [5.74, 6) is -1.35. The van der Waals surface area contributed by atoms with Gasteiger partial charge >= 0.3 is 24.5 Å². The highest BCUT2D eigenvalue weighted by Gasteiger charge is 2.45. The molecule has 0 aliphatic carbocycles. The third-order valence-electron chi connectivity index (χ3n) is 9.15. The number of carbonyl (C=O) groups excluding carboxylic acids is 1. The second-order valence-electron chi connectivity index (χ2n) is 13.9. The third kappa shape index (κ3) is 6.81. The Hall–Kier alpha value is -4.48. The Bertz CT molecular complexity index is 1960. The number of alkyl halides is 6. The fourth-order valence-electron chi connectivity index (χ4n) is 7.10. The predicted molar refractivity (Wildman–Crippen MR) is 169 cm³/mol. The molecule has 4 aromatic rings. The largest absolute Gasteiger partial charge is 0.454 e. The Morgan fingerprint density at radius 3 is 2.31 bits per heavy atom. The number of fused-ring (bicyclic) bond motifs is 4. The number of benzene rings is 1. The molecule has 7 rings (SSSR count). The van der Waals surface area contributed by atoms with Gasteiger partial charge in [0.25, 0.3) is 0 Å². The summed E-state index contributed by atoms with van der Waals surface area (Å²) in [6.45, 7) is 4.18. The Balaban J connectivity index is 1.35. The van der Waals surface area contributed by atoms with Gasteiger partial charge in [0, 0.05) is 36.8 Å². The van der Waals surface area contributed by atoms with Crippen LogP contribution >= 0.6 is 0 Å². The molecule has 11 nitrogen and oxygen atoms in total. The molecular weight excluding hydrogens is 691 g/mol. The van der Waals surface area contributed by atoms with Gasteiger partial charge in [0.05, 0.1) is 34.7 Å².